The molecule has 0 saturated carbocycles. The summed E-state index contributed by atoms with van der Waals surface area (Å²) in [6.45, 7) is 5.68. The molecule has 3 aromatic rings. The number of hydrogen-bond donors (Lipinski definition) is 4. The van der Waals surface area contributed by atoms with Gasteiger partial charge in [0.05, 0.1) is 12.8 Å². The van der Waals surface area contributed by atoms with Crippen LogP contribution in [0.4, 0.5) is 22.7 Å². The Morgan fingerprint density at radius 2 is 2.06 bits per heavy atom. The maximum absolute atomic E-state index is 11.3. The van der Waals surface area contributed by atoms with E-state index in [2.05, 4.69) is 35.8 Å². The lowest BCUT2D eigenvalue weighted by Crippen LogP contribution is -2.44. The van der Waals surface area contributed by atoms with Crippen molar-refractivity contribution in [3.63, 3.8) is 0 Å². The second-order valence-corrected chi connectivity index (χ2v) is 8.24. The zero-order chi connectivity index (χ0) is 22.5. The average molecular weight is 456 g/mol. The Morgan fingerprint density at radius 3 is 2.78 bits per heavy atom. The van der Waals surface area contributed by atoms with Crippen molar-refractivity contribution in [2.75, 3.05) is 48.8 Å². The first-order valence-electron chi connectivity index (χ1n) is 10.2. The Kier molecular flexibility index (Phi) is 6.66. The van der Waals surface area contributed by atoms with Crippen LogP contribution >= 0.6 is 11.3 Å². The number of piperazine rings is 1. The molecule has 2 aromatic heterocycles. The molecule has 0 amide bonds. The lowest BCUT2D eigenvalue weighted by molar-refractivity contribution is 0.0701. The third-order valence-electron chi connectivity index (χ3n) is 4.97. The Bertz CT molecular complexity index is 1100. The summed E-state index contributed by atoms with van der Waals surface area (Å²) in [6.07, 6.45) is 0. The summed E-state index contributed by atoms with van der Waals surface area (Å²) in [5.74, 6) is 1.61. The van der Waals surface area contributed by atoms with Crippen LogP contribution in [-0.2, 0) is 6.54 Å². The van der Waals surface area contributed by atoms with Crippen LogP contribution in [0, 0.1) is 6.92 Å². The van der Waals surface area contributed by atoms with Gasteiger partial charge in [0.25, 0.3) is 0 Å². The molecular formula is C21H25N7O3S. The highest BCUT2D eigenvalue weighted by molar-refractivity contribution is 7.17. The van der Waals surface area contributed by atoms with Gasteiger partial charge in [0.1, 0.15) is 22.3 Å². The predicted octanol–water partition coefficient (Wildman–Crippen LogP) is 2.71. The van der Waals surface area contributed by atoms with Gasteiger partial charge in [-0.15, -0.1) is 0 Å². The molecule has 1 aliphatic heterocycles. The Hall–Kier alpha value is -3.44. The third-order valence-corrected chi connectivity index (χ3v) is 6.03. The normalized spacial score (nSPS) is 13.6. The largest absolute Gasteiger partial charge is 0.497 e. The summed E-state index contributed by atoms with van der Waals surface area (Å²) in [7, 11) is 1.64. The van der Waals surface area contributed by atoms with Gasteiger partial charge in [0.15, 0.2) is 5.13 Å². The summed E-state index contributed by atoms with van der Waals surface area (Å²) in [5, 5.41) is 19.5. The van der Waals surface area contributed by atoms with Crippen molar-refractivity contribution in [3.8, 4) is 5.75 Å². The standard InChI is InChI=1S/C21H25N7O3S/c1-13-18(19(29)30)32-21(24-13)27-20-25-16(11-17(26-20)28-8-6-22-7-9-28)23-12-14-4-3-5-15(10-14)31-2/h3-5,10-11,22H,6-9,12H2,1-2H3,(H,29,30)(H2,23,24,25,26,27). The zero-order valence-corrected chi connectivity index (χ0v) is 18.7. The number of anilines is 4. The fraction of sp³-hybridized carbons (Fsp3) is 0.333. The van der Waals surface area contributed by atoms with Crippen molar-refractivity contribution in [1.82, 2.24) is 20.3 Å². The van der Waals surface area contributed by atoms with E-state index in [9.17, 15) is 9.90 Å². The lowest BCUT2D eigenvalue weighted by Gasteiger charge is -2.28. The van der Waals surface area contributed by atoms with Crippen molar-refractivity contribution in [3.05, 3.63) is 46.5 Å². The lowest BCUT2D eigenvalue weighted by atomic mass is 10.2. The molecule has 168 valence electrons. The Balaban J connectivity index is 1.58. The van der Waals surface area contributed by atoms with Gasteiger partial charge in [-0.2, -0.15) is 9.97 Å². The van der Waals surface area contributed by atoms with Crippen LogP contribution in [0.2, 0.25) is 0 Å². The number of carboxylic acids is 1. The van der Waals surface area contributed by atoms with Gasteiger partial charge in [-0.3, -0.25) is 5.32 Å². The van der Waals surface area contributed by atoms with Gasteiger partial charge >= 0.3 is 5.97 Å². The monoisotopic (exact) mass is 455 g/mol. The molecule has 0 unspecified atom stereocenters. The van der Waals surface area contributed by atoms with Crippen molar-refractivity contribution in [2.24, 2.45) is 0 Å². The highest BCUT2D eigenvalue weighted by atomic mass is 32.1. The number of hydrogen-bond acceptors (Lipinski definition) is 10. The van der Waals surface area contributed by atoms with Gasteiger partial charge in [-0.25, -0.2) is 9.78 Å². The number of aromatic carboxylic acids is 1. The molecule has 0 atom stereocenters. The first kappa shape index (κ1) is 21.8. The number of nitrogens with one attached hydrogen (secondary N) is 3. The molecule has 1 saturated heterocycles. The number of rotatable bonds is 8. The number of carboxylic acid groups (broad SMARTS) is 1. The molecule has 4 rings (SSSR count). The van der Waals surface area contributed by atoms with Crippen LogP contribution < -0.4 is 25.6 Å². The second-order valence-electron chi connectivity index (χ2n) is 7.24. The fourth-order valence-electron chi connectivity index (χ4n) is 3.36. The molecule has 10 nitrogen and oxygen atoms in total. The molecule has 0 aliphatic carbocycles. The first-order valence-corrected chi connectivity index (χ1v) is 11.0. The van der Waals surface area contributed by atoms with E-state index in [-0.39, 0.29) is 4.88 Å². The SMILES string of the molecule is COc1cccc(CNc2cc(N3CCNCC3)nc(Nc3nc(C)c(C(=O)O)s3)n2)c1. The summed E-state index contributed by atoms with van der Waals surface area (Å²) < 4.78 is 5.30. The molecule has 0 radical (unpaired) electrons. The highest BCUT2D eigenvalue weighted by Gasteiger charge is 2.17. The summed E-state index contributed by atoms with van der Waals surface area (Å²) in [5.41, 5.74) is 1.52. The molecule has 1 fully saturated rings. The van der Waals surface area contributed by atoms with Crippen molar-refractivity contribution < 1.29 is 14.6 Å². The molecular weight excluding hydrogens is 430 g/mol. The molecule has 0 bridgehead atoms. The number of nitrogens with zero attached hydrogens (tertiary/aromatic N) is 4. The molecule has 11 heteroatoms. The molecule has 1 aliphatic rings. The zero-order valence-electron chi connectivity index (χ0n) is 17.9. The van der Waals surface area contributed by atoms with Gasteiger partial charge in [0.2, 0.25) is 5.95 Å². The van der Waals surface area contributed by atoms with E-state index < -0.39 is 5.97 Å². The highest BCUT2D eigenvalue weighted by Crippen LogP contribution is 2.27. The van der Waals surface area contributed by atoms with Crippen LogP contribution in [0.3, 0.4) is 0 Å². The number of benzene rings is 1. The van der Waals surface area contributed by atoms with E-state index in [1.165, 1.54) is 0 Å². The number of carbonyl (C=O) groups is 1. The Morgan fingerprint density at radius 1 is 1.25 bits per heavy atom. The van der Waals surface area contributed by atoms with Crippen molar-refractivity contribution in [1.29, 1.82) is 0 Å². The maximum atomic E-state index is 11.3. The van der Waals surface area contributed by atoms with Gasteiger partial charge in [-0.1, -0.05) is 23.5 Å². The molecule has 0 spiro atoms. The molecule has 4 N–H and O–H groups in total. The Labute approximate surface area is 189 Å². The quantitative estimate of drug-likeness (QED) is 0.403. The minimum Gasteiger partial charge on any atom is -0.497 e. The molecule has 32 heavy (non-hydrogen) atoms. The minimum atomic E-state index is -0.996. The number of thiazole rings is 1. The van der Waals surface area contributed by atoms with Crippen LogP contribution in [0.5, 0.6) is 5.75 Å². The second kappa shape index (κ2) is 9.79. The van der Waals surface area contributed by atoms with Gasteiger partial charge in [-0.05, 0) is 24.6 Å². The minimum absolute atomic E-state index is 0.196. The van der Waals surface area contributed by atoms with E-state index >= 15 is 0 Å². The maximum Gasteiger partial charge on any atom is 0.347 e. The topological polar surface area (TPSA) is 125 Å². The molecule has 3 heterocycles. The molecule has 1 aromatic carbocycles. The number of aromatic nitrogens is 3. The summed E-state index contributed by atoms with van der Waals surface area (Å²) in [6, 6.07) is 9.75. The number of aryl methyl sites for hydroxylation is 1. The van der Waals surface area contributed by atoms with Crippen molar-refractivity contribution >= 4 is 40.0 Å². The number of ether oxygens (including phenoxy) is 1. The van der Waals surface area contributed by atoms with E-state index in [0.717, 1.165) is 54.6 Å². The van der Waals surface area contributed by atoms with Crippen LogP contribution in [0.25, 0.3) is 0 Å². The number of methoxy groups -OCH3 is 1. The van der Waals surface area contributed by atoms with Crippen LogP contribution in [-0.4, -0.2) is 59.3 Å². The predicted molar refractivity (Wildman–Crippen MR) is 125 cm³/mol. The van der Waals surface area contributed by atoms with Crippen LogP contribution in [0.1, 0.15) is 20.9 Å². The first-order chi connectivity index (χ1) is 15.5. The van der Waals surface area contributed by atoms with E-state index in [1.54, 1.807) is 14.0 Å². The fourth-order valence-corrected chi connectivity index (χ4v) is 4.15. The van der Waals surface area contributed by atoms with E-state index in [0.29, 0.717) is 29.1 Å². The van der Waals surface area contributed by atoms with E-state index in [4.69, 9.17) is 4.74 Å². The smallest absolute Gasteiger partial charge is 0.347 e. The summed E-state index contributed by atoms with van der Waals surface area (Å²) in [4.78, 5) is 27.3. The van der Waals surface area contributed by atoms with Gasteiger partial charge in [0, 0.05) is 38.8 Å². The third kappa shape index (κ3) is 5.24. The van der Waals surface area contributed by atoms with Crippen molar-refractivity contribution in [2.45, 2.75) is 13.5 Å². The van der Waals surface area contributed by atoms with Gasteiger partial charge < -0.3 is 25.4 Å². The van der Waals surface area contributed by atoms with E-state index in [1.807, 2.05) is 30.3 Å². The van der Waals surface area contributed by atoms with Crippen LogP contribution in [0.15, 0.2) is 30.3 Å². The summed E-state index contributed by atoms with van der Waals surface area (Å²) >= 11 is 1.06. The average Bonchev–Trinajstić information content (AvgIpc) is 3.18.